The molecule has 4 aromatic rings. The quantitative estimate of drug-likeness (QED) is 0.343. The van der Waals surface area contributed by atoms with Crippen molar-refractivity contribution in [2.75, 3.05) is 23.0 Å². The summed E-state index contributed by atoms with van der Waals surface area (Å²) in [6, 6.07) is 5.08. The number of fused-ring (bicyclic) bond motifs is 1. The molecule has 1 aromatic carbocycles. The Balaban J connectivity index is 1.67. The lowest BCUT2D eigenvalue weighted by atomic mass is 9.98. The van der Waals surface area contributed by atoms with E-state index in [1.54, 1.807) is 32.4 Å². The number of carbonyl (C=O) groups excluding carboxylic acids is 1. The highest BCUT2D eigenvalue weighted by atomic mass is 35.5. The van der Waals surface area contributed by atoms with E-state index >= 15 is 0 Å². The lowest BCUT2D eigenvalue weighted by Crippen LogP contribution is -2.21. The van der Waals surface area contributed by atoms with Gasteiger partial charge in [-0.2, -0.15) is 0 Å². The number of anilines is 3. The zero-order valence-electron chi connectivity index (χ0n) is 19.7. The molecule has 0 aliphatic carbocycles. The number of benzene rings is 1. The fourth-order valence-corrected chi connectivity index (χ4v) is 4.42. The number of carbonyl (C=O) groups is 1. The van der Waals surface area contributed by atoms with Gasteiger partial charge in [-0.3, -0.25) is 10.1 Å². The molecular formula is C23H23ClFN7O2S. The van der Waals surface area contributed by atoms with Crippen LogP contribution in [0.3, 0.4) is 0 Å². The van der Waals surface area contributed by atoms with Gasteiger partial charge in [0.2, 0.25) is 5.13 Å². The van der Waals surface area contributed by atoms with Crippen molar-refractivity contribution in [2.24, 2.45) is 7.05 Å². The summed E-state index contributed by atoms with van der Waals surface area (Å²) in [5.74, 6) is -0.137. The molecule has 0 radical (unpaired) electrons. The number of nitrogens with one attached hydrogen (secondary N) is 3. The Morgan fingerprint density at radius 2 is 1.86 bits per heavy atom. The minimum absolute atomic E-state index is 0.0312. The Bertz CT molecular complexity index is 1510. The average Bonchev–Trinajstić information content (AvgIpc) is 3.27. The molecule has 12 heteroatoms. The summed E-state index contributed by atoms with van der Waals surface area (Å²) in [6.45, 7) is 5.94. The van der Waals surface area contributed by atoms with E-state index in [2.05, 4.69) is 31.1 Å². The van der Waals surface area contributed by atoms with E-state index in [1.165, 1.54) is 22.0 Å². The van der Waals surface area contributed by atoms with Gasteiger partial charge in [0.15, 0.2) is 0 Å². The van der Waals surface area contributed by atoms with Crippen molar-refractivity contribution in [3.63, 3.8) is 0 Å². The average molecular weight is 516 g/mol. The summed E-state index contributed by atoms with van der Waals surface area (Å²) < 4.78 is 16.1. The van der Waals surface area contributed by atoms with E-state index in [1.807, 2.05) is 20.8 Å². The number of aromatic nitrogens is 4. The van der Waals surface area contributed by atoms with E-state index in [9.17, 15) is 14.0 Å². The molecule has 0 atom stereocenters. The Morgan fingerprint density at radius 1 is 1.11 bits per heavy atom. The third-order valence-corrected chi connectivity index (χ3v) is 6.82. The van der Waals surface area contributed by atoms with Crippen LogP contribution in [0, 0.1) is 5.82 Å². The van der Waals surface area contributed by atoms with E-state index in [4.69, 9.17) is 11.6 Å². The molecule has 0 bridgehead atoms. The lowest BCUT2D eigenvalue weighted by Gasteiger charge is -2.13. The summed E-state index contributed by atoms with van der Waals surface area (Å²) in [6.07, 6.45) is 1.63. The third-order valence-electron chi connectivity index (χ3n) is 5.25. The maximum atomic E-state index is 14.7. The molecule has 0 saturated carbocycles. The summed E-state index contributed by atoms with van der Waals surface area (Å²) in [5, 5.41) is 17.7. The second-order valence-electron chi connectivity index (χ2n) is 8.85. The highest BCUT2D eigenvalue weighted by Crippen LogP contribution is 2.33. The number of rotatable bonds is 4. The molecule has 0 aliphatic heterocycles. The first kappa shape index (κ1) is 24.6. The van der Waals surface area contributed by atoms with Crippen LogP contribution in [-0.4, -0.2) is 32.8 Å². The van der Waals surface area contributed by atoms with E-state index in [0.717, 1.165) is 11.1 Å². The fraction of sp³-hybridized carbons (Fsp3) is 0.261. The summed E-state index contributed by atoms with van der Waals surface area (Å²) >= 11 is 7.54. The van der Waals surface area contributed by atoms with Gasteiger partial charge in [-0.25, -0.2) is 14.2 Å². The predicted octanol–water partition coefficient (Wildman–Crippen LogP) is 5.23. The number of hydrogen-bond donors (Lipinski definition) is 3. The highest BCUT2D eigenvalue weighted by Gasteiger charge is 2.21. The SMILES string of the molecule is CNc1cc2c(cn1)cc(-c1cc(NC(=O)Nc3nnc(C(C)(C)C)s3)c(F)cc1Cl)c(=O)n2C. The molecule has 0 fully saturated rings. The molecule has 0 spiro atoms. The predicted molar refractivity (Wildman–Crippen MR) is 138 cm³/mol. The molecule has 9 nitrogen and oxygen atoms in total. The molecule has 0 saturated heterocycles. The van der Waals surface area contributed by atoms with Crippen LogP contribution >= 0.6 is 22.9 Å². The Kier molecular flexibility index (Phi) is 6.48. The zero-order chi connectivity index (χ0) is 25.5. The van der Waals surface area contributed by atoms with Crippen molar-refractivity contribution in [1.82, 2.24) is 19.7 Å². The van der Waals surface area contributed by atoms with Crippen molar-refractivity contribution in [1.29, 1.82) is 0 Å². The first-order chi connectivity index (χ1) is 16.5. The molecule has 3 N–H and O–H groups in total. The Morgan fingerprint density at radius 3 is 2.51 bits per heavy atom. The van der Waals surface area contributed by atoms with Gasteiger partial charge in [-0.1, -0.05) is 43.7 Å². The minimum Gasteiger partial charge on any atom is -0.373 e. The van der Waals surface area contributed by atoms with E-state index in [-0.39, 0.29) is 37.9 Å². The Labute approximate surface area is 209 Å². The molecule has 182 valence electrons. The van der Waals surface area contributed by atoms with Crippen LogP contribution in [0.5, 0.6) is 0 Å². The van der Waals surface area contributed by atoms with Crippen molar-refractivity contribution >= 4 is 56.5 Å². The number of hydrogen-bond acceptors (Lipinski definition) is 7. The van der Waals surface area contributed by atoms with Crippen LogP contribution in [0.1, 0.15) is 25.8 Å². The molecule has 3 heterocycles. The van der Waals surface area contributed by atoms with Crippen molar-refractivity contribution in [3.05, 3.63) is 56.7 Å². The second kappa shape index (κ2) is 9.23. The van der Waals surface area contributed by atoms with Gasteiger partial charge < -0.3 is 15.2 Å². The molecule has 35 heavy (non-hydrogen) atoms. The maximum Gasteiger partial charge on any atom is 0.325 e. The van der Waals surface area contributed by atoms with Gasteiger partial charge in [0.05, 0.1) is 16.2 Å². The van der Waals surface area contributed by atoms with Crippen LogP contribution in [0.4, 0.5) is 25.8 Å². The van der Waals surface area contributed by atoms with Crippen LogP contribution < -0.4 is 21.5 Å². The normalized spacial score (nSPS) is 11.5. The molecule has 3 aromatic heterocycles. The molecule has 4 rings (SSSR count). The first-order valence-corrected chi connectivity index (χ1v) is 11.8. The number of aryl methyl sites for hydroxylation is 1. The van der Waals surface area contributed by atoms with Crippen LogP contribution in [0.25, 0.3) is 22.0 Å². The van der Waals surface area contributed by atoms with Crippen LogP contribution in [-0.2, 0) is 12.5 Å². The largest absolute Gasteiger partial charge is 0.373 e. The van der Waals surface area contributed by atoms with Gasteiger partial charge in [-0.15, -0.1) is 10.2 Å². The second-order valence-corrected chi connectivity index (χ2v) is 10.2. The maximum absolute atomic E-state index is 14.7. The van der Waals surface area contributed by atoms with Crippen molar-refractivity contribution in [3.8, 4) is 11.1 Å². The highest BCUT2D eigenvalue weighted by molar-refractivity contribution is 7.15. The number of halogens is 2. The first-order valence-electron chi connectivity index (χ1n) is 10.6. The fourth-order valence-electron chi connectivity index (χ4n) is 3.37. The number of urea groups is 1. The monoisotopic (exact) mass is 515 g/mol. The molecule has 0 unspecified atom stereocenters. The number of amides is 2. The summed E-state index contributed by atoms with van der Waals surface area (Å²) in [5.41, 5.74) is 0.481. The smallest absolute Gasteiger partial charge is 0.325 e. The van der Waals surface area contributed by atoms with Gasteiger partial charge >= 0.3 is 6.03 Å². The van der Waals surface area contributed by atoms with Gasteiger partial charge in [0.25, 0.3) is 5.56 Å². The number of nitrogens with zero attached hydrogens (tertiary/aromatic N) is 4. The third kappa shape index (κ3) is 4.96. The van der Waals surface area contributed by atoms with Gasteiger partial charge in [0, 0.05) is 48.3 Å². The Hall–Kier alpha value is -3.57. The van der Waals surface area contributed by atoms with Crippen LogP contribution in [0.15, 0.2) is 35.3 Å². The minimum atomic E-state index is -0.750. The molecule has 0 aliphatic rings. The van der Waals surface area contributed by atoms with Gasteiger partial charge in [-0.05, 0) is 18.2 Å². The number of pyridine rings is 2. The topological polar surface area (TPSA) is 114 Å². The molecular weight excluding hydrogens is 493 g/mol. The van der Waals surface area contributed by atoms with Crippen LogP contribution in [0.2, 0.25) is 5.02 Å². The summed E-state index contributed by atoms with van der Waals surface area (Å²) in [7, 11) is 3.36. The summed E-state index contributed by atoms with van der Waals surface area (Å²) in [4.78, 5) is 29.9. The zero-order valence-corrected chi connectivity index (χ0v) is 21.2. The lowest BCUT2D eigenvalue weighted by molar-refractivity contribution is 0.262. The van der Waals surface area contributed by atoms with E-state index < -0.39 is 11.8 Å². The van der Waals surface area contributed by atoms with Gasteiger partial charge in [0.1, 0.15) is 16.6 Å². The standard InChI is InChI=1S/C23H23ClFN7O2S/c1-23(2,3)20-30-31-22(35-20)29-21(34)28-16-7-12(14(24)8-15(16)25)13-6-11-10-27-18(26-4)9-17(11)32(5)19(13)33/h6-10H,1-5H3,(H,26,27)(H2,28,29,31,34). The van der Waals surface area contributed by atoms with E-state index in [0.29, 0.717) is 16.7 Å². The van der Waals surface area contributed by atoms with Crippen molar-refractivity contribution < 1.29 is 9.18 Å². The van der Waals surface area contributed by atoms with Crippen molar-refractivity contribution in [2.45, 2.75) is 26.2 Å². The molecule has 2 amide bonds.